The lowest BCUT2D eigenvalue weighted by Gasteiger charge is -2.13. The van der Waals surface area contributed by atoms with Crippen molar-refractivity contribution in [1.82, 2.24) is 0 Å². The van der Waals surface area contributed by atoms with Crippen molar-refractivity contribution in [3.8, 4) is 5.75 Å². The quantitative estimate of drug-likeness (QED) is 0.368. The van der Waals surface area contributed by atoms with Gasteiger partial charge < -0.3 is 19.4 Å². The summed E-state index contributed by atoms with van der Waals surface area (Å²) >= 11 is 0. The van der Waals surface area contributed by atoms with Crippen LogP contribution >= 0.6 is 0 Å². The number of fused-ring (bicyclic) bond motifs is 4. The average molecular weight is 270 g/mol. The van der Waals surface area contributed by atoms with E-state index in [1.165, 1.54) is 0 Å². The van der Waals surface area contributed by atoms with Gasteiger partial charge in [-0.15, -0.1) is 0 Å². The molecule has 1 aliphatic rings. The normalized spacial score (nSPS) is 16.3. The lowest BCUT2D eigenvalue weighted by molar-refractivity contribution is -0.278. The van der Waals surface area contributed by atoms with Gasteiger partial charge in [0.15, 0.2) is 0 Å². The van der Waals surface area contributed by atoms with E-state index in [1.807, 2.05) is 30.3 Å². The Morgan fingerprint density at radius 3 is 2.55 bits per heavy atom. The van der Waals surface area contributed by atoms with E-state index in [-0.39, 0.29) is 17.7 Å². The van der Waals surface area contributed by atoms with Crippen molar-refractivity contribution in [2.24, 2.45) is 0 Å². The van der Waals surface area contributed by atoms with Crippen molar-refractivity contribution < 1.29 is 19.4 Å². The summed E-state index contributed by atoms with van der Waals surface area (Å²) in [6, 6.07) is 11.2. The van der Waals surface area contributed by atoms with Gasteiger partial charge in [0, 0.05) is 0 Å². The van der Waals surface area contributed by atoms with Crippen molar-refractivity contribution in [2.75, 3.05) is 0 Å². The topological polar surface area (TPSA) is 79.9 Å². The van der Waals surface area contributed by atoms with Gasteiger partial charge in [-0.3, -0.25) is 0 Å². The van der Waals surface area contributed by atoms with Gasteiger partial charge in [0.05, 0.1) is 17.4 Å². The summed E-state index contributed by atoms with van der Waals surface area (Å²) in [4.78, 5) is 11.9. The minimum absolute atomic E-state index is 0.151. The van der Waals surface area contributed by atoms with Gasteiger partial charge in [-0.2, -0.15) is 0 Å². The summed E-state index contributed by atoms with van der Waals surface area (Å²) in [7, 11) is 0. The molecular weight excluding hydrogens is 260 g/mol. The molecule has 4 rings (SSSR count). The smallest absolute Gasteiger partial charge is 0.343 e. The maximum absolute atomic E-state index is 11.9. The highest BCUT2D eigenvalue weighted by molar-refractivity contribution is 5.98. The minimum atomic E-state index is -2.35. The molecule has 1 aromatic heterocycles. The SMILES string of the molecule is O=c1oc2cc3ccccc3cc2c2c1CC(O)(O)O2. The fourth-order valence-corrected chi connectivity index (χ4v) is 2.60. The van der Waals surface area contributed by atoms with Crippen LogP contribution in [0.5, 0.6) is 5.75 Å². The Hall–Kier alpha value is -2.37. The van der Waals surface area contributed by atoms with Gasteiger partial charge in [-0.25, -0.2) is 4.79 Å². The molecular formula is C15H10O5. The molecule has 0 amide bonds. The maximum Gasteiger partial charge on any atom is 0.343 e. The van der Waals surface area contributed by atoms with E-state index >= 15 is 0 Å². The fourth-order valence-electron chi connectivity index (χ4n) is 2.60. The van der Waals surface area contributed by atoms with Crippen molar-refractivity contribution in [3.05, 3.63) is 52.4 Å². The lowest BCUT2D eigenvalue weighted by atomic mass is 10.1. The largest absolute Gasteiger partial charge is 0.438 e. The van der Waals surface area contributed by atoms with E-state index < -0.39 is 11.6 Å². The third kappa shape index (κ3) is 1.54. The van der Waals surface area contributed by atoms with Gasteiger partial charge in [0.1, 0.15) is 11.3 Å². The second kappa shape index (κ2) is 3.59. The molecule has 0 fully saturated rings. The van der Waals surface area contributed by atoms with E-state index in [9.17, 15) is 15.0 Å². The molecule has 0 atom stereocenters. The molecule has 3 aromatic rings. The van der Waals surface area contributed by atoms with E-state index in [0.717, 1.165) is 10.8 Å². The highest BCUT2D eigenvalue weighted by Gasteiger charge is 2.39. The molecule has 0 aliphatic carbocycles. The minimum Gasteiger partial charge on any atom is -0.438 e. The van der Waals surface area contributed by atoms with Crippen LogP contribution in [-0.2, 0) is 6.42 Å². The summed E-state index contributed by atoms with van der Waals surface area (Å²) in [6.45, 7) is 0. The Kier molecular flexibility index (Phi) is 2.06. The predicted molar refractivity (Wildman–Crippen MR) is 71.5 cm³/mol. The standard InChI is InChI=1S/C15H10O5/c16-14-11-7-15(17,18)20-13(11)10-5-8-3-1-2-4-9(8)6-12(10)19-14/h1-6,17-18H,7H2. The molecule has 0 saturated carbocycles. The van der Waals surface area contributed by atoms with Crippen LogP contribution in [0.15, 0.2) is 45.6 Å². The number of hydrogen-bond acceptors (Lipinski definition) is 5. The zero-order valence-corrected chi connectivity index (χ0v) is 10.3. The summed E-state index contributed by atoms with van der Waals surface area (Å²) in [6.07, 6.45) is -0.298. The number of ether oxygens (including phenoxy) is 1. The Morgan fingerprint density at radius 1 is 1.10 bits per heavy atom. The summed E-state index contributed by atoms with van der Waals surface area (Å²) < 4.78 is 10.3. The van der Waals surface area contributed by atoms with E-state index in [0.29, 0.717) is 11.0 Å². The molecule has 2 N–H and O–H groups in total. The first-order chi connectivity index (χ1) is 9.53. The van der Waals surface area contributed by atoms with Crippen LogP contribution in [0.4, 0.5) is 0 Å². The fraction of sp³-hybridized carbons (Fsp3) is 0.133. The van der Waals surface area contributed by atoms with Crippen LogP contribution in [0.3, 0.4) is 0 Å². The van der Waals surface area contributed by atoms with Gasteiger partial charge >= 0.3 is 11.6 Å². The zero-order chi connectivity index (χ0) is 13.9. The van der Waals surface area contributed by atoms with E-state index in [1.54, 1.807) is 6.07 Å². The van der Waals surface area contributed by atoms with Crippen LogP contribution in [0.25, 0.3) is 21.7 Å². The van der Waals surface area contributed by atoms with Crippen molar-refractivity contribution >= 4 is 21.7 Å². The second-order valence-corrected chi connectivity index (χ2v) is 4.91. The number of aliphatic hydroxyl groups is 2. The van der Waals surface area contributed by atoms with Crippen LogP contribution in [0, 0.1) is 0 Å². The van der Waals surface area contributed by atoms with Crippen molar-refractivity contribution in [1.29, 1.82) is 0 Å². The molecule has 0 radical (unpaired) electrons. The van der Waals surface area contributed by atoms with Crippen molar-refractivity contribution in [2.45, 2.75) is 12.4 Å². The average Bonchev–Trinajstić information content (AvgIpc) is 2.74. The van der Waals surface area contributed by atoms with Crippen LogP contribution in [0.1, 0.15) is 5.56 Å². The highest BCUT2D eigenvalue weighted by atomic mass is 16.8. The Labute approximate surface area is 112 Å². The molecule has 20 heavy (non-hydrogen) atoms. The number of hydrogen-bond donors (Lipinski definition) is 2. The molecule has 0 unspecified atom stereocenters. The molecule has 5 heteroatoms. The van der Waals surface area contributed by atoms with Gasteiger partial charge in [0.2, 0.25) is 0 Å². The molecule has 100 valence electrons. The van der Waals surface area contributed by atoms with Crippen molar-refractivity contribution in [3.63, 3.8) is 0 Å². The molecule has 0 saturated heterocycles. The van der Waals surface area contributed by atoms with Gasteiger partial charge in [0.25, 0.3) is 0 Å². The molecule has 0 bridgehead atoms. The first-order valence-electron chi connectivity index (χ1n) is 6.16. The Balaban J connectivity index is 2.14. The highest BCUT2D eigenvalue weighted by Crippen LogP contribution is 2.38. The first kappa shape index (κ1) is 11.5. The lowest BCUT2D eigenvalue weighted by Crippen LogP contribution is -2.33. The van der Waals surface area contributed by atoms with Gasteiger partial charge in [-0.05, 0) is 22.9 Å². The number of benzene rings is 2. The zero-order valence-electron chi connectivity index (χ0n) is 10.3. The molecule has 2 heterocycles. The maximum atomic E-state index is 11.9. The third-order valence-corrected chi connectivity index (χ3v) is 3.49. The van der Waals surface area contributed by atoms with E-state index in [2.05, 4.69) is 0 Å². The Morgan fingerprint density at radius 2 is 1.80 bits per heavy atom. The van der Waals surface area contributed by atoms with Crippen LogP contribution in [-0.4, -0.2) is 16.2 Å². The summed E-state index contributed by atoms with van der Waals surface area (Å²) in [5.74, 6) is -2.16. The number of rotatable bonds is 0. The van der Waals surface area contributed by atoms with Crippen LogP contribution in [0.2, 0.25) is 0 Å². The third-order valence-electron chi connectivity index (χ3n) is 3.49. The second-order valence-electron chi connectivity index (χ2n) is 4.91. The Bertz CT molecular complexity index is 907. The first-order valence-corrected chi connectivity index (χ1v) is 6.16. The van der Waals surface area contributed by atoms with E-state index in [4.69, 9.17) is 9.15 Å². The predicted octanol–water partition coefficient (Wildman–Crippen LogP) is 1.52. The van der Waals surface area contributed by atoms with Crippen LogP contribution < -0.4 is 10.4 Å². The molecule has 0 spiro atoms. The molecule has 1 aliphatic heterocycles. The monoisotopic (exact) mass is 270 g/mol. The molecule has 5 nitrogen and oxygen atoms in total. The summed E-state index contributed by atoms with van der Waals surface area (Å²) in [5.41, 5.74) is -0.0873. The summed E-state index contributed by atoms with van der Waals surface area (Å²) in [5, 5.41) is 21.6. The molecule has 2 aromatic carbocycles. The van der Waals surface area contributed by atoms with Gasteiger partial charge in [-0.1, -0.05) is 24.3 Å².